The number of aromatic nitrogens is 1. The van der Waals surface area contributed by atoms with Crippen molar-refractivity contribution < 1.29 is 4.74 Å². The van der Waals surface area contributed by atoms with Crippen LogP contribution in [0.5, 0.6) is 5.75 Å². The molecule has 0 aliphatic heterocycles. The zero-order valence-electron chi connectivity index (χ0n) is 7.16. The Labute approximate surface area is 67.2 Å². The summed E-state index contributed by atoms with van der Waals surface area (Å²) in [7, 11) is 0. The standard InChI is InChI=1S/C9H13NO/c1-7(2)11-9-6-10-5-4-8(9)3/h4-7H,1-3H3. The van der Waals surface area contributed by atoms with E-state index in [-0.39, 0.29) is 6.10 Å². The molecule has 0 fully saturated rings. The van der Waals surface area contributed by atoms with E-state index in [0.717, 1.165) is 11.3 Å². The molecule has 0 N–H and O–H groups in total. The minimum atomic E-state index is 0.220. The molecule has 1 rings (SSSR count). The van der Waals surface area contributed by atoms with E-state index in [2.05, 4.69) is 4.98 Å². The maximum atomic E-state index is 5.48. The lowest BCUT2D eigenvalue weighted by atomic mass is 10.3. The highest BCUT2D eigenvalue weighted by atomic mass is 16.5. The first-order chi connectivity index (χ1) is 5.20. The minimum Gasteiger partial charge on any atom is -0.489 e. The number of ether oxygens (including phenoxy) is 1. The van der Waals surface area contributed by atoms with Gasteiger partial charge in [-0.3, -0.25) is 4.98 Å². The van der Waals surface area contributed by atoms with Gasteiger partial charge in [0.25, 0.3) is 0 Å². The predicted octanol–water partition coefficient (Wildman–Crippen LogP) is 2.18. The number of rotatable bonds is 2. The molecule has 0 spiro atoms. The Kier molecular flexibility index (Phi) is 2.47. The molecule has 0 aromatic carbocycles. The molecule has 1 aromatic rings. The number of aryl methyl sites for hydroxylation is 1. The summed E-state index contributed by atoms with van der Waals surface area (Å²) in [6.07, 6.45) is 3.73. The second kappa shape index (κ2) is 3.37. The van der Waals surface area contributed by atoms with Crippen LogP contribution >= 0.6 is 0 Å². The lowest BCUT2D eigenvalue weighted by Gasteiger charge is -2.10. The monoisotopic (exact) mass is 151 g/mol. The van der Waals surface area contributed by atoms with Crippen molar-refractivity contribution in [2.45, 2.75) is 26.9 Å². The lowest BCUT2D eigenvalue weighted by Crippen LogP contribution is -2.06. The third kappa shape index (κ3) is 2.22. The first-order valence-electron chi connectivity index (χ1n) is 3.77. The first-order valence-corrected chi connectivity index (χ1v) is 3.77. The lowest BCUT2D eigenvalue weighted by molar-refractivity contribution is 0.240. The fraction of sp³-hybridized carbons (Fsp3) is 0.444. The Bertz CT molecular complexity index is 233. The number of pyridine rings is 1. The Morgan fingerprint density at radius 3 is 2.73 bits per heavy atom. The molecule has 11 heavy (non-hydrogen) atoms. The van der Waals surface area contributed by atoms with Gasteiger partial charge in [-0.15, -0.1) is 0 Å². The maximum Gasteiger partial charge on any atom is 0.140 e. The number of hydrogen-bond acceptors (Lipinski definition) is 2. The summed E-state index contributed by atoms with van der Waals surface area (Å²) in [6, 6.07) is 1.94. The zero-order valence-corrected chi connectivity index (χ0v) is 7.16. The van der Waals surface area contributed by atoms with Crippen LogP contribution in [0.1, 0.15) is 19.4 Å². The van der Waals surface area contributed by atoms with E-state index in [1.54, 1.807) is 12.4 Å². The molecule has 0 aliphatic carbocycles. The SMILES string of the molecule is Cc1ccncc1OC(C)C. The Hall–Kier alpha value is -1.05. The van der Waals surface area contributed by atoms with Crippen LogP contribution in [-0.2, 0) is 0 Å². The van der Waals surface area contributed by atoms with E-state index in [4.69, 9.17) is 4.74 Å². The summed E-state index contributed by atoms with van der Waals surface area (Å²) in [4.78, 5) is 3.97. The molecule has 0 atom stereocenters. The molecular weight excluding hydrogens is 138 g/mol. The van der Waals surface area contributed by atoms with Gasteiger partial charge in [0.2, 0.25) is 0 Å². The summed E-state index contributed by atoms with van der Waals surface area (Å²) < 4.78 is 5.48. The van der Waals surface area contributed by atoms with Gasteiger partial charge in [0, 0.05) is 6.20 Å². The fourth-order valence-corrected chi connectivity index (χ4v) is 0.827. The van der Waals surface area contributed by atoms with Gasteiger partial charge in [-0.1, -0.05) is 0 Å². The quantitative estimate of drug-likeness (QED) is 0.646. The molecular formula is C9H13NO. The fourth-order valence-electron chi connectivity index (χ4n) is 0.827. The van der Waals surface area contributed by atoms with E-state index in [9.17, 15) is 0 Å². The van der Waals surface area contributed by atoms with Crippen molar-refractivity contribution in [3.63, 3.8) is 0 Å². The van der Waals surface area contributed by atoms with Gasteiger partial charge in [-0.05, 0) is 32.4 Å². The predicted molar refractivity (Wildman–Crippen MR) is 44.7 cm³/mol. The van der Waals surface area contributed by atoms with Crippen LogP contribution in [0, 0.1) is 6.92 Å². The third-order valence-electron chi connectivity index (χ3n) is 1.35. The van der Waals surface area contributed by atoms with Gasteiger partial charge in [-0.25, -0.2) is 0 Å². The van der Waals surface area contributed by atoms with E-state index >= 15 is 0 Å². The molecule has 1 aromatic heterocycles. The van der Waals surface area contributed by atoms with Gasteiger partial charge in [-0.2, -0.15) is 0 Å². The van der Waals surface area contributed by atoms with Crippen LogP contribution in [0.3, 0.4) is 0 Å². The Morgan fingerprint density at radius 2 is 2.18 bits per heavy atom. The summed E-state index contributed by atoms with van der Waals surface area (Å²) in [6.45, 7) is 6.03. The largest absolute Gasteiger partial charge is 0.489 e. The van der Waals surface area contributed by atoms with Crippen molar-refractivity contribution in [3.8, 4) is 5.75 Å². The third-order valence-corrected chi connectivity index (χ3v) is 1.35. The van der Waals surface area contributed by atoms with E-state index in [0.29, 0.717) is 0 Å². The molecule has 2 heteroatoms. The summed E-state index contributed by atoms with van der Waals surface area (Å²) in [5.41, 5.74) is 1.13. The van der Waals surface area contributed by atoms with Gasteiger partial charge in [0.05, 0.1) is 12.3 Å². The molecule has 0 unspecified atom stereocenters. The molecule has 60 valence electrons. The molecule has 0 bridgehead atoms. The number of nitrogens with zero attached hydrogens (tertiary/aromatic N) is 1. The molecule has 0 radical (unpaired) electrons. The number of hydrogen-bond donors (Lipinski definition) is 0. The molecule has 0 aliphatic rings. The van der Waals surface area contributed by atoms with Gasteiger partial charge in [0.1, 0.15) is 5.75 Å². The van der Waals surface area contributed by atoms with Crippen molar-refractivity contribution in [2.24, 2.45) is 0 Å². The van der Waals surface area contributed by atoms with E-state index < -0.39 is 0 Å². The minimum absolute atomic E-state index is 0.220. The average Bonchev–Trinajstić information content (AvgIpc) is 1.93. The second-order valence-electron chi connectivity index (χ2n) is 2.81. The summed E-state index contributed by atoms with van der Waals surface area (Å²) in [5, 5.41) is 0. The molecule has 2 nitrogen and oxygen atoms in total. The van der Waals surface area contributed by atoms with E-state index in [1.807, 2.05) is 26.8 Å². The Morgan fingerprint density at radius 1 is 1.45 bits per heavy atom. The molecule has 0 amide bonds. The molecule has 1 heterocycles. The smallest absolute Gasteiger partial charge is 0.140 e. The summed E-state index contributed by atoms with van der Waals surface area (Å²) in [5.74, 6) is 0.877. The zero-order chi connectivity index (χ0) is 8.27. The highest BCUT2D eigenvalue weighted by Gasteiger charge is 1.99. The van der Waals surface area contributed by atoms with Crippen LogP contribution in [0.25, 0.3) is 0 Å². The second-order valence-corrected chi connectivity index (χ2v) is 2.81. The van der Waals surface area contributed by atoms with Crippen LogP contribution < -0.4 is 4.74 Å². The highest BCUT2D eigenvalue weighted by Crippen LogP contribution is 2.15. The van der Waals surface area contributed by atoms with Crippen molar-refractivity contribution >= 4 is 0 Å². The van der Waals surface area contributed by atoms with Crippen LogP contribution in [0.2, 0.25) is 0 Å². The van der Waals surface area contributed by atoms with Crippen molar-refractivity contribution in [2.75, 3.05) is 0 Å². The van der Waals surface area contributed by atoms with E-state index in [1.165, 1.54) is 0 Å². The van der Waals surface area contributed by atoms with Crippen molar-refractivity contribution in [1.29, 1.82) is 0 Å². The van der Waals surface area contributed by atoms with Gasteiger partial charge < -0.3 is 4.74 Å². The Balaban J connectivity index is 2.78. The molecule has 0 saturated carbocycles. The van der Waals surface area contributed by atoms with Crippen LogP contribution in [0.4, 0.5) is 0 Å². The highest BCUT2D eigenvalue weighted by molar-refractivity contribution is 5.27. The summed E-state index contributed by atoms with van der Waals surface area (Å²) >= 11 is 0. The topological polar surface area (TPSA) is 22.1 Å². The van der Waals surface area contributed by atoms with Gasteiger partial charge in [0.15, 0.2) is 0 Å². The van der Waals surface area contributed by atoms with Crippen LogP contribution in [0.15, 0.2) is 18.5 Å². The maximum absolute atomic E-state index is 5.48. The average molecular weight is 151 g/mol. The normalized spacial score (nSPS) is 10.2. The van der Waals surface area contributed by atoms with Crippen molar-refractivity contribution in [1.82, 2.24) is 4.98 Å². The van der Waals surface area contributed by atoms with Crippen LogP contribution in [-0.4, -0.2) is 11.1 Å². The molecule has 0 saturated heterocycles. The first kappa shape index (κ1) is 8.05. The van der Waals surface area contributed by atoms with Crippen molar-refractivity contribution in [3.05, 3.63) is 24.0 Å². The van der Waals surface area contributed by atoms with Gasteiger partial charge >= 0.3 is 0 Å².